The van der Waals surface area contributed by atoms with Crippen LogP contribution in [0.25, 0.3) is 0 Å². The van der Waals surface area contributed by atoms with E-state index in [2.05, 4.69) is 19.7 Å². The van der Waals surface area contributed by atoms with Gasteiger partial charge in [-0.1, -0.05) is 5.92 Å². The lowest BCUT2D eigenvalue weighted by atomic mass is 10.9. The Balaban J connectivity index is 3.47. The van der Waals surface area contributed by atoms with Gasteiger partial charge >= 0.3 is 0 Å². The van der Waals surface area contributed by atoms with Gasteiger partial charge in [-0.3, -0.25) is 0 Å². The highest BCUT2D eigenvalue weighted by Crippen LogP contribution is 2.39. The normalized spacial score (nSPS) is 8.50. The first-order chi connectivity index (χ1) is 3.85. The molecular formula is C3H3Cl2O2P. The monoisotopic (exact) mass is 172 g/mol. The van der Waals surface area contributed by atoms with Crippen molar-refractivity contribution in [2.24, 2.45) is 0 Å². The number of halogens is 2. The van der Waals surface area contributed by atoms with Gasteiger partial charge in [0.1, 0.15) is 0 Å². The molecule has 2 nitrogen and oxygen atoms in total. The molecule has 0 aromatic rings. The third kappa shape index (κ3) is 3.49. The minimum Gasteiger partial charge on any atom is -0.212 e. The van der Waals surface area contributed by atoms with Gasteiger partial charge in [0.05, 0.1) is 23.7 Å². The smallest absolute Gasteiger partial charge is 0.212 e. The van der Waals surface area contributed by atoms with Crippen molar-refractivity contribution in [3.63, 3.8) is 0 Å². The molecule has 0 heterocycles. The predicted molar refractivity (Wildman–Crippen MR) is 34.2 cm³/mol. The molecule has 0 aromatic carbocycles. The highest BCUT2D eigenvalue weighted by atomic mass is 35.5. The largest absolute Gasteiger partial charge is 0.292 e. The first kappa shape index (κ1) is 8.49. The summed E-state index contributed by atoms with van der Waals surface area (Å²) in [6.07, 6.45) is 0. The second kappa shape index (κ2) is 5.62. The van der Waals surface area contributed by atoms with Crippen molar-refractivity contribution in [2.75, 3.05) is 0 Å². The Kier molecular flexibility index (Phi) is 5.97. The van der Waals surface area contributed by atoms with E-state index in [4.69, 9.17) is 23.7 Å². The van der Waals surface area contributed by atoms with Gasteiger partial charge in [0.25, 0.3) is 8.38 Å². The third-order valence-corrected chi connectivity index (χ3v) is 1.74. The number of rotatable bonds is 2. The summed E-state index contributed by atoms with van der Waals surface area (Å²) in [6, 6.07) is 0. The van der Waals surface area contributed by atoms with Crippen LogP contribution in [-0.2, 0) is 8.15 Å². The summed E-state index contributed by atoms with van der Waals surface area (Å²) in [4.78, 5) is 0. The maximum Gasteiger partial charge on any atom is 0.292 e. The van der Waals surface area contributed by atoms with Crippen LogP contribution in [0.3, 0.4) is 0 Å². The first-order valence-electron chi connectivity index (χ1n) is 1.65. The summed E-state index contributed by atoms with van der Waals surface area (Å²) in [5.41, 5.74) is 2.49. The summed E-state index contributed by atoms with van der Waals surface area (Å²) in [5.74, 6) is 2.53. The Hall–Kier alpha value is 0.490. The maximum atomic E-state index is 4.86. The van der Waals surface area contributed by atoms with Crippen molar-refractivity contribution in [3.05, 3.63) is 0 Å². The second-order valence-corrected chi connectivity index (χ2v) is 2.60. The van der Waals surface area contributed by atoms with Gasteiger partial charge in [0.15, 0.2) is 0 Å². The lowest BCUT2D eigenvalue weighted by molar-refractivity contribution is 0.566. The van der Waals surface area contributed by atoms with Crippen molar-refractivity contribution in [1.82, 2.24) is 0 Å². The highest BCUT2D eigenvalue weighted by Gasteiger charge is 2.01. The van der Waals surface area contributed by atoms with Crippen molar-refractivity contribution in [2.45, 2.75) is 6.92 Å². The fraction of sp³-hybridized carbons (Fsp3) is 0.333. The maximum absolute atomic E-state index is 4.86. The molecule has 0 N–H and O–H groups in total. The molecule has 0 radical (unpaired) electrons. The van der Waals surface area contributed by atoms with Gasteiger partial charge in [-0.2, -0.15) is 0 Å². The topological polar surface area (TPSA) is 18.5 Å². The minimum absolute atomic E-state index is 1.39. The molecule has 0 amide bonds. The van der Waals surface area contributed by atoms with Gasteiger partial charge in [-0.25, -0.2) is 8.15 Å². The van der Waals surface area contributed by atoms with Crippen molar-refractivity contribution in [1.29, 1.82) is 0 Å². The molecule has 0 spiro atoms. The van der Waals surface area contributed by atoms with E-state index in [1.54, 1.807) is 6.92 Å². The summed E-state index contributed by atoms with van der Waals surface area (Å²) < 4.78 is 8.30. The molecule has 0 saturated heterocycles. The fourth-order valence-electron chi connectivity index (χ4n) is 0.136. The molecule has 0 fully saturated rings. The predicted octanol–water partition coefficient (Wildman–Crippen LogP) is 2.62. The second-order valence-electron chi connectivity index (χ2n) is 0.757. The van der Waals surface area contributed by atoms with Gasteiger partial charge in [-0.05, 0) is 12.6 Å². The molecule has 0 saturated carbocycles. The Morgan fingerprint density at radius 3 is 2.00 bits per heavy atom. The van der Waals surface area contributed by atoms with Crippen molar-refractivity contribution in [3.8, 4) is 11.6 Å². The number of hydrogen-bond acceptors (Lipinski definition) is 2. The molecule has 0 rings (SSSR count). The standard InChI is InChI=1S/C3H3Cl2O2P/c1-2-3-8(6-4)7-5/h1H3. The van der Waals surface area contributed by atoms with Gasteiger partial charge in [0.2, 0.25) is 0 Å². The minimum atomic E-state index is -1.39. The van der Waals surface area contributed by atoms with Crippen LogP contribution in [0.4, 0.5) is 0 Å². The van der Waals surface area contributed by atoms with E-state index in [1.165, 1.54) is 0 Å². The van der Waals surface area contributed by atoms with Crippen LogP contribution in [0.1, 0.15) is 6.92 Å². The van der Waals surface area contributed by atoms with E-state index in [1.807, 2.05) is 0 Å². The van der Waals surface area contributed by atoms with E-state index in [0.29, 0.717) is 0 Å². The molecule has 0 aromatic heterocycles. The molecule has 0 unspecified atom stereocenters. The van der Waals surface area contributed by atoms with E-state index in [-0.39, 0.29) is 0 Å². The SMILES string of the molecule is CC#CP(OCl)OCl. The van der Waals surface area contributed by atoms with Gasteiger partial charge in [0, 0.05) is 0 Å². The molecule has 0 bridgehead atoms. The van der Waals surface area contributed by atoms with Gasteiger partial charge in [-0.15, -0.1) is 0 Å². The first-order valence-corrected chi connectivity index (χ1v) is 3.44. The fourth-order valence-corrected chi connectivity index (χ4v) is 0.872. The average molecular weight is 173 g/mol. The van der Waals surface area contributed by atoms with Crippen LogP contribution in [0.5, 0.6) is 0 Å². The highest BCUT2D eigenvalue weighted by molar-refractivity contribution is 7.54. The van der Waals surface area contributed by atoms with Crippen molar-refractivity contribution < 1.29 is 8.15 Å². The quantitative estimate of drug-likeness (QED) is 0.471. The summed E-state index contributed by atoms with van der Waals surface area (Å²) in [7, 11) is -1.39. The van der Waals surface area contributed by atoms with Crippen LogP contribution < -0.4 is 0 Å². The van der Waals surface area contributed by atoms with Crippen LogP contribution in [0, 0.1) is 11.6 Å². The molecule has 0 aliphatic heterocycles. The van der Waals surface area contributed by atoms with Crippen LogP contribution >= 0.6 is 32.1 Å². The summed E-state index contributed by atoms with van der Waals surface area (Å²) in [5, 5.41) is 0. The summed E-state index contributed by atoms with van der Waals surface area (Å²) in [6.45, 7) is 1.64. The van der Waals surface area contributed by atoms with E-state index in [0.717, 1.165) is 0 Å². The zero-order valence-electron chi connectivity index (χ0n) is 4.02. The van der Waals surface area contributed by atoms with Gasteiger partial charge < -0.3 is 0 Å². The van der Waals surface area contributed by atoms with E-state index >= 15 is 0 Å². The van der Waals surface area contributed by atoms with Crippen LogP contribution in [0.15, 0.2) is 0 Å². The van der Waals surface area contributed by atoms with Crippen molar-refractivity contribution >= 4 is 32.1 Å². The Labute approximate surface area is 59.3 Å². The molecule has 8 heavy (non-hydrogen) atoms. The molecule has 46 valence electrons. The van der Waals surface area contributed by atoms with E-state index in [9.17, 15) is 0 Å². The molecule has 0 aliphatic rings. The lowest BCUT2D eigenvalue weighted by Crippen LogP contribution is -1.64. The Morgan fingerprint density at radius 2 is 1.88 bits per heavy atom. The molecule has 0 aliphatic carbocycles. The average Bonchev–Trinajstić information content (AvgIpc) is 1.83. The summed E-state index contributed by atoms with van der Waals surface area (Å²) >= 11 is 9.73. The molecule has 0 atom stereocenters. The van der Waals surface area contributed by atoms with Crippen LogP contribution in [-0.4, -0.2) is 0 Å². The van der Waals surface area contributed by atoms with Crippen LogP contribution in [0.2, 0.25) is 0 Å². The Bertz CT molecular complexity index is 104. The number of hydrogen-bond donors (Lipinski definition) is 0. The Morgan fingerprint density at radius 1 is 1.38 bits per heavy atom. The zero-order chi connectivity index (χ0) is 6.41. The van der Waals surface area contributed by atoms with E-state index < -0.39 is 8.38 Å². The third-order valence-electron chi connectivity index (χ3n) is 0.328. The molecular weight excluding hydrogens is 170 g/mol. The molecule has 5 heteroatoms. The lowest BCUT2D eigenvalue weighted by Gasteiger charge is -1.94. The zero-order valence-corrected chi connectivity index (χ0v) is 6.43.